The zero-order valence-corrected chi connectivity index (χ0v) is 12.6. The summed E-state index contributed by atoms with van der Waals surface area (Å²) in [4.78, 5) is 12.1. The number of benzene rings is 1. The molecule has 0 fully saturated rings. The van der Waals surface area contributed by atoms with Crippen molar-refractivity contribution in [2.24, 2.45) is 0 Å². The molecule has 1 atom stereocenters. The van der Waals surface area contributed by atoms with Crippen LogP contribution in [0.15, 0.2) is 23.1 Å². The van der Waals surface area contributed by atoms with Crippen LogP contribution in [0.3, 0.4) is 0 Å². The molecule has 20 heavy (non-hydrogen) atoms. The molecule has 0 saturated heterocycles. The fourth-order valence-electron chi connectivity index (χ4n) is 2.17. The molecule has 1 heterocycles. The molecule has 0 aromatic heterocycles. The van der Waals surface area contributed by atoms with Gasteiger partial charge in [-0.3, -0.25) is 4.79 Å². The summed E-state index contributed by atoms with van der Waals surface area (Å²) in [5, 5.41) is 2.82. The summed E-state index contributed by atoms with van der Waals surface area (Å²) in [5.41, 5.74) is 0.576. The van der Waals surface area contributed by atoms with E-state index in [0.717, 1.165) is 6.42 Å². The van der Waals surface area contributed by atoms with E-state index in [-0.39, 0.29) is 10.8 Å². The molecule has 1 N–H and O–H groups in total. The standard InChI is InChI=1S/C13H16ClNO4S/c1-2-6-15-13(16)10-5-7-19-12-4-3-9(8-11(10)12)20(14,17)18/h3-4,8,10H,2,5-7H2,1H3,(H,15,16). The maximum Gasteiger partial charge on any atom is 0.261 e. The van der Waals surface area contributed by atoms with E-state index < -0.39 is 15.0 Å². The molecule has 0 spiro atoms. The number of hydrogen-bond donors (Lipinski definition) is 1. The van der Waals surface area contributed by atoms with Gasteiger partial charge in [0.05, 0.1) is 17.4 Å². The average Bonchev–Trinajstić information content (AvgIpc) is 2.42. The number of amides is 1. The number of nitrogens with one attached hydrogen (secondary N) is 1. The minimum absolute atomic E-state index is 0.0169. The van der Waals surface area contributed by atoms with Crippen molar-refractivity contribution in [2.75, 3.05) is 13.2 Å². The van der Waals surface area contributed by atoms with Crippen LogP contribution in [0, 0.1) is 0 Å². The van der Waals surface area contributed by atoms with E-state index in [1.54, 1.807) is 6.07 Å². The monoisotopic (exact) mass is 317 g/mol. The first-order valence-electron chi connectivity index (χ1n) is 6.42. The van der Waals surface area contributed by atoms with Gasteiger partial charge in [0.2, 0.25) is 5.91 Å². The third-order valence-corrected chi connectivity index (χ3v) is 4.52. The molecular weight excluding hydrogens is 302 g/mol. The molecule has 2 rings (SSSR count). The second-order valence-corrected chi connectivity index (χ2v) is 7.18. The van der Waals surface area contributed by atoms with Crippen molar-refractivity contribution in [2.45, 2.75) is 30.6 Å². The number of rotatable bonds is 4. The van der Waals surface area contributed by atoms with Crippen molar-refractivity contribution in [1.82, 2.24) is 5.32 Å². The summed E-state index contributed by atoms with van der Waals surface area (Å²) >= 11 is 0. The Kier molecular flexibility index (Phi) is 4.55. The van der Waals surface area contributed by atoms with Crippen molar-refractivity contribution < 1.29 is 17.9 Å². The van der Waals surface area contributed by atoms with Crippen LogP contribution in [0.5, 0.6) is 5.75 Å². The second kappa shape index (κ2) is 6.01. The van der Waals surface area contributed by atoms with Crippen molar-refractivity contribution >= 4 is 25.6 Å². The largest absolute Gasteiger partial charge is 0.493 e. The summed E-state index contributed by atoms with van der Waals surface area (Å²) in [6.45, 7) is 3.00. The number of fused-ring (bicyclic) bond motifs is 1. The predicted octanol–water partition coefficient (Wildman–Crippen LogP) is 2.01. The number of carbonyl (C=O) groups is 1. The Labute approximate surface area is 122 Å². The Morgan fingerprint density at radius 1 is 1.50 bits per heavy atom. The number of halogens is 1. The summed E-state index contributed by atoms with van der Waals surface area (Å²) in [6, 6.07) is 4.35. The maximum absolute atomic E-state index is 12.1. The first-order chi connectivity index (χ1) is 9.43. The van der Waals surface area contributed by atoms with E-state index in [0.29, 0.717) is 30.9 Å². The van der Waals surface area contributed by atoms with E-state index in [4.69, 9.17) is 15.4 Å². The highest BCUT2D eigenvalue weighted by Crippen LogP contribution is 2.36. The Balaban J connectivity index is 2.35. The highest BCUT2D eigenvalue weighted by Gasteiger charge is 2.29. The van der Waals surface area contributed by atoms with Crippen LogP contribution >= 0.6 is 10.7 Å². The molecule has 0 bridgehead atoms. The predicted molar refractivity (Wildman–Crippen MR) is 75.6 cm³/mol. The van der Waals surface area contributed by atoms with Gasteiger partial charge in [0, 0.05) is 22.8 Å². The van der Waals surface area contributed by atoms with E-state index >= 15 is 0 Å². The first kappa shape index (κ1) is 15.1. The molecule has 1 aliphatic rings. The van der Waals surface area contributed by atoms with Gasteiger partial charge in [-0.25, -0.2) is 8.42 Å². The van der Waals surface area contributed by atoms with Crippen LogP contribution in [0.4, 0.5) is 0 Å². The lowest BCUT2D eigenvalue weighted by atomic mass is 9.92. The van der Waals surface area contributed by atoms with Crippen LogP contribution < -0.4 is 10.1 Å². The van der Waals surface area contributed by atoms with Gasteiger partial charge in [-0.05, 0) is 31.0 Å². The fourth-order valence-corrected chi connectivity index (χ4v) is 2.95. The van der Waals surface area contributed by atoms with Crippen molar-refractivity contribution in [3.05, 3.63) is 23.8 Å². The van der Waals surface area contributed by atoms with E-state index in [9.17, 15) is 13.2 Å². The number of hydrogen-bond acceptors (Lipinski definition) is 4. The van der Waals surface area contributed by atoms with Crippen LogP contribution in [0.25, 0.3) is 0 Å². The molecule has 110 valence electrons. The van der Waals surface area contributed by atoms with Crippen LogP contribution in [0.2, 0.25) is 0 Å². The summed E-state index contributed by atoms with van der Waals surface area (Å²) in [6.07, 6.45) is 1.37. The molecule has 0 aliphatic carbocycles. The molecule has 1 aliphatic heterocycles. The molecule has 1 amide bonds. The Morgan fingerprint density at radius 3 is 2.90 bits per heavy atom. The van der Waals surface area contributed by atoms with Gasteiger partial charge < -0.3 is 10.1 Å². The Morgan fingerprint density at radius 2 is 2.25 bits per heavy atom. The zero-order valence-electron chi connectivity index (χ0n) is 11.1. The van der Waals surface area contributed by atoms with Gasteiger partial charge in [0.25, 0.3) is 9.05 Å². The van der Waals surface area contributed by atoms with E-state index in [1.165, 1.54) is 12.1 Å². The van der Waals surface area contributed by atoms with Crippen molar-refractivity contribution in [3.63, 3.8) is 0 Å². The fraction of sp³-hybridized carbons (Fsp3) is 0.462. The lowest BCUT2D eigenvalue weighted by Gasteiger charge is -2.25. The smallest absolute Gasteiger partial charge is 0.261 e. The SMILES string of the molecule is CCCNC(=O)C1CCOc2ccc(S(=O)(=O)Cl)cc21. The minimum atomic E-state index is -3.82. The van der Waals surface area contributed by atoms with Gasteiger partial charge in [-0.1, -0.05) is 6.92 Å². The van der Waals surface area contributed by atoms with Gasteiger partial charge in [0.1, 0.15) is 5.75 Å². The molecule has 5 nitrogen and oxygen atoms in total. The highest BCUT2D eigenvalue weighted by atomic mass is 35.7. The van der Waals surface area contributed by atoms with E-state index in [1.807, 2.05) is 6.92 Å². The molecule has 0 saturated carbocycles. The lowest BCUT2D eigenvalue weighted by Crippen LogP contribution is -2.32. The summed E-state index contributed by atoms with van der Waals surface area (Å²) in [7, 11) is 1.53. The molecule has 7 heteroatoms. The van der Waals surface area contributed by atoms with Crippen LogP contribution in [-0.4, -0.2) is 27.5 Å². The first-order valence-corrected chi connectivity index (χ1v) is 8.73. The lowest BCUT2D eigenvalue weighted by molar-refractivity contribution is -0.123. The van der Waals surface area contributed by atoms with Gasteiger partial charge >= 0.3 is 0 Å². The Hall–Kier alpha value is -1.27. The topological polar surface area (TPSA) is 72.5 Å². The number of ether oxygens (including phenoxy) is 1. The molecule has 1 aromatic carbocycles. The maximum atomic E-state index is 12.1. The molecular formula is C13H16ClNO4S. The average molecular weight is 318 g/mol. The van der Waals surface area contributed by atoms with Crippen LogP contribution in [0.1, 0.15) is 31.2 Å². The third kappa shape index (κ3) is 3.24. The van der Waals surface area contributed by atoms with E-state index in [2.05, 4.69) is 5.32 Å². The highest BCUT2D eigenvalue weighted by molar-refractivity contribution is 8.13. The molecule has 1 unspecified atom stereocenters. The van der Waals surface area contributed by atoms with Gasteiger partial charge in [-0.2, -0.15) is 0 Å². The summed E-state index contributed by atoms with van der Waals surface area (Å²) in [5.74, 6) is 0.0288. The number of carbonyl (C=O) groups excluding carboxylic acids is 1. The van der Waals surface area contributed by atoms with Gasteiger partial charge in [-0.15, -0.1) is 0 Å². The summed E-state index contributed by atoms with van der Waals surface area (Å²) < 4.78 is 28.2. The molecule has 0 radical (unpaired) electrons. The van der Waals surface area contributed by atoms with Gasteiger partial charge in [0.15, 0.2) is 0 Å². The third-order valence-electron chi connectivity index (χ3n) is 3.17. The quantitative estimate of drug-likeness (QED) is 0.862. The normalized spacial score (nSPS) is 18.0. The van der Waals surface area contributed by atoms with Crippen LogP contribution in [-0.2, 0) is 13.8 Å². The minimum Gasteiger partial charge on any atom is -0.493 e. The van der Waals surface area contributed by atoms with Crippen molar-refractivity contribution in [1.29, 1.82) is 0 Å². The zero-order chi connectivity index (χ0) is 14.8. The van der Waals surface area contributed by atoms with Crippen molar-refractivity contribution in [3.8, 4) is 5.75 Å². The Bertz CT molecular complexity index is 615. The second-order valence-electron chi connectivity index (χ2n) is 4.62. The molecule has 1 aromatic rings.